The van der Waals surface area contributed by atoms with Gasteiger partial charge in [0.05, 0.1) is 11.6 Å². The number of hydrogen-bond donors (Lipinski definition) is 6. The molecule has 1 aliphatic heterocycles. The van der Waals surface area contributed by atoms with Crippen molar-refractivity contribution in [3.63, 3.8) is 0 Å². The van der Waals surface area contributed by atoms with Gasteiger partial charge in [-0.1, -0.05) is 6.07 Å². The van der Waals surface area contributed by atoms with Crippen LogP contribution in [0.5, 0.6) is 28.7 Å². The van der Waals surface area contributed by atoms with Crippen molar-refractivity contribution >= 4 is 0 Å². The molecule has 0 fully saturated rings. The zero-order valence-corrected chi connectivity index (χ0v) is 15.2. The highest BCUT2D eigenvalue weighted by molar-refractivity contribution is 5.57. The summed E-state index contributed by atoms with van der Waals surface area (Å²) in [6.07, 6.45) is -2.09. The van der Waals surface area contributed by atoms with Gasteiger partial charge in [0, 0.05) is 23.4 Å². The summed E-state index contributed by atoms with van der Waals surface area (Å²) in [7, 11) is 0. The summed E-state index contributed by atoms with van der Waals surface area (Å²) in [5.41, 5.74) is 2.94. The molecule has 0 aliphatic carbocycles. The number of aromatic amines is 1. The van der Waals surface area contributed by atoms with Crippen LogP contribution in [0.25, 0.3) is 0 Å². The Hall–Kier alpha value is -3.39. The summed E-state index contributed by atoms with van der Waals surface area (Å²) in [5, 5.41) is 58.1. The molecule has 28 heavy (non-hydrogen) atoms. The van der Waals surface area contributed by atoms with Crippen LogP contribution in [0.4, 0.5) is 0 Å². The van der Waals surface area contributed by atoms with Crippen molar-refractivity contribution in [1.29, 1.82) is 0 Å². The van der Waals surface area contributed by atoms with Gasteiger partial charge in [-0.2, -0.15) is 5.10 Å². The van der Waals surface area contributed by atoms with Gasteiger partial charge in [0.25, 0.3) is 0 Å². The summed E-state index contributed by atoms with van der Waals surface area (Å²) in [4.78, 5) is 0. The average Bonchev–Trinajstić information content (AvgIpc) is 2.96. The number of benzene rings is 2. The molecule has 0 bridgehead atoms. The van der Waals surface area contributed by atoms with Crippen LogP contribution in [0.1, 0.15) is 40.1 Å². The highest BCUT2D eigenvalue weighted by atomic mass is 16.5. The molecule has 146 valence electrons. The van der Waals surface area contributed by atoms with E-state index in [1.54, 1.807) is 0 Å². The van der Waals surface area contributed by atoms with Crippen LogP contribution in [0, 0.1) is 13.8 Å². The lowest BCUT2D eigenvalue weighted by Gasteiger charge is -2.37. The Kier molecular flexibility index (Phi) is 4.08. The molecular weight excluding hydrogens is 364 g/mol. The van der Waals surface area contributed by atoms with Crippen LogP contribution in [0.15, 0.2) is 30.3 Å². The fraction of sp³-hybridized carbons (Fsp3) is 0.250. The molecule has 8 heteroatoms. The number of aliphatic hydroxyl groups is 1. The minimum Gasteiger partial charge on any atom is -0.508 e. The standard InChI is InChI=1S/C20H20N2O6/c1-8-9(2)21-22-18(8)17-16-14(26)6-11(23)7-15(16)28-20(19(17)27)10-3-4-12(24)13(25)5-10/h3-7,17,19-20,23-27H,1-2H3,(H,21,22). The fourth-order valence-corrected chi connectivity index (χ4v) is 3.65. The van der Waals surface area contributed by atoms with Crippen molar-refractivity contribution in [1.82, 2.24) is 10.2 Å². The molecule has 2 heterocycles. The number of phenolic OH excluding ortho intramolecular Hbond substituents is 4. The monoisotopic (exact) mass is 384 g/mol. The second-order valence-electron chi connectivity index (χ2n) is 6.99. The number of aromatic hydroxyl groups is 4. The Labute approximate surface area is 160 Å². The summed E-state index contributed by atoms with van der Waals surface area (Å²) in [5.74, 6) is -1.58. The lowest BCUT2D eigenvalue weighted by Crippen LogP contribution is -2.35. The molecule has 3 atom stereocenters. The quantitative estimate of drug-likeness (QED) is 0.373. The van der Waals surface area contributed by atoms with Crippen molar-refractivity contribution in [3.8, 4) is 28.7 Å². The first kappa shape index (κ1) is 18.0. The minimum absolute atomic E-state index is 0.186. The third-order valence-corrected chi connectivity index (χ3v) is 5.23. The van der Waals surface area contributed by atoms with Crippen LogP contribution in [0.2, 0.25) is 0 Å². The molecule has 0 saturated heterocycles. The SMILES string of the molecule is Cc1[nH]nc(C2c3c(O)cc(O)cc3OC(c3ccc(O)c(O)c3)C2O)c1C. The molecule has 0 radical (unpaired) electrons. The maximum absolute atomic E-state index is 11.2. The van der Waals surface area contributed by atoms with E-state index in [4.69, 9.17) is 4.74 Å². The van der Waals surface area contributed by atoms with Crippen LogP contribution in [-0.4, -0.2) is 41.8 Å². The predicted octanol–water partition coefficient (Wildman–Crippen LogP) is 2.48. The van der Waals surface area contributed by atoms with Crippen molar-refractivity contribution in [3.05, 3.63) is 58.4 Å². The molecule has 1 aromatic heterocycles. The number of aryl methyl sites for hydroxylation is 1. The Morgan fingerprint density at radius 2 is 1.71 bits per heavy atom. The molecule has 3 aromatic rings. The topological polar surface area (TPSA) is 139 Å². The maximum Gasteiger partial charge on any atom is 0.157 e. The van der Waals surface area contributed by atoms with Gasteiger partial charge in [-0.15, -0.1) is 0 Å². The molecule has 4 rings (SSSR count). The lowest BCUT2D eigenvalue weighted by atomic mass is 9.81. The Balaban J connectivity index is 1.91. The van der Waals surface area contributed by atoms with Gasteiger partial charge in [0.2, 0.25) is 0 Å². The number of ether oxygens (including phenoxy) is 1. The van der Waals surface area contributed by atoms with E-state index in [2.05, 4.69) is 10.2 Å². The van der Waals surface area contributed by atoms with Crippen molar-refractivity contribution in [2.45, 2.75) is 32.0 Å². The Morgan fingerprint density at radius 3 is 2.36 bits per heavy atom. The first-order valence-electron chi connectivity index (χ1n) is 8.72. The number of aliphatic hydroxyl groups excluding tert-OH is 1. The van der Waals surface area contributed by atoms with Gasteiger partial charge in [0.15, 0.2) is 17.6 Å². The first-order chi connectivity index (χ1) is 13.3. The maximum atomic E-state index is 11.2. The normalized spacial score (nSPS) is 21.2. The smallest absolute Gasteiger partial charge is 0.157 e. The van der Waals surface area contributed by atoms with Crippen molar-refractivity contribution < 1.29 is 30.3 Å². The highest BCUT2D eigenvalue weighted by Gasteiger charge is 2.43. The van der Waals surface area contributed by atoms with E-state index >= 15 is 0 Å². The van der Waals surface area contributed by atoms with Crippen LogP contribution >= 0.6 is 0 Å². The molecule has 1 aliphatic rings. The molecular formula is C20H20N2O6. The Morgan fingerprint density at radius 1 is 0.964 bits per heavy atom. The van der Waals surface area contributed by atoms with Gasteiger partial charge in [0.1, 0.15) is 23.4 Å². The number of fused-ring (bicyclic) bond motifs is 1. The second kappa shape index (κ2) is 6.35. The zero-order valence-electron chi connectivity index (χ0n) is 15.2. The average molecular weight is 384 g/mol. The number of nitrogens with zero attached hydrogens (tertiary/aromatic N) is 1. The molecule has 6 N–H and O–H groups in total. The van der Waals surface area contributed by atoms with E-state index < -0.39 is 18.1 Å². The van der Waals surface area contributed by atoms with E-state index in [1.165, 1.54) is 30.3 Å². The van der Waals surface area contributed by atoms with Gasteiger partial charge >= 0.3 is 0 Å². The third kappa shape index (κ3) is 2.69. The van der Waals surface area contributed by atoms with Gasteiger partial charge in [-0.25, -0.2) is 0 Å². The van der Waals surface area contributed by atoms with Crippen LogP contribution in [0.3, 0.4) is 0 Å². The van der Waals surface area contributed by atoms with Gasteiger partial charge < -0.3 is 30.3 Å². The first-order valence-corrected chi connectivity index (χ1v) is 8.72. The van der Waals surface area contributed by atoms with Crippen LogP contribution < -0.4 is 4.74 Å². The van der Waals surface area contributed by atoms with Gasteiger partial charge in [-0.3, -0.25) is 5.10 Å². The van der Waals surface area contributed by atoms with E-state index in [1.807, 2.05) is 13.8 Å². The molecule has 8 nitrogen and oxygen atoms in total. The zero-order chi connectivity index (χ0) is 20.2. The van der Waals surface area contributed by atoms with E-state index in [0.717, 1.165) is 11.3 Å². The molecule has 0 amide bonds. The lowest BCUT2D eigenvalue weighted by molar-refractivity contribution is 0.00636. The molecule has 0 saturated carbocycles. The van der Waals surface area contributed by atoms with E-state index in [9.17, 15) is 25.5 Å². The number of hydrogen-bond acceptors (Lipinski definition) is 7. The largest absolute Gasteiger partial charge is 0.508 e. The van der Waals surface area contributed by atoms with E-state index in [0.29, 0.717) is 16.8 Å². The highest BCUT2D eigenvalue weighted by Crippen LogP contribution is 2.51. The molecule has 3 unspecified atom stereocenters. The summed E-state index contributed by atoms with van der Waals surface area (Å²) in [6.45, 7) is 3.71. The fourth-order valence-electron chi connectivity index (χ4n) is 3.65. The number of H-pyrrole nitrogens is 1. The third-order valence-electron chi connectivity index (χ3n) is 5.23. The summed E-state index contributed by atoms with van der Waals surface area (Å²) < 4.78 is 5.88. The number of nitrogens with one attached hydrogen (secondary N) is 1. The number of rotatable bonds is 2. The minimum atomic E-state index is -1.16. The van der Waals surface area contributed by atoms with E-state index in [-0.39, 0.29) is 28.7 Å². The summed E-state index contributed by atoms with van der Waals surface area (Å²) >= 11 is 0. The van der Waals surface area contributed by atoms with Gasteiger partial charge in [-0.05, 0) is 37.1 Å². The van der Waals surface area contributed by atoms with Crippen LogP contribution in [-0.2, 0) is 0 Å². The number of aromatic nitrogens is 2. The second-order valence-corrected chi connectivity index (χ2v) is 6.99. The molecule has 2 aromatic carbocycles. The molecule has 0 spiro atoms. The van der Waals surface area contributed by atoms with Crippen molar-refractivity contribution in [2.75, 3.05) is 0 Å². The summed E-state index contributed by atoms with van der Waals surface area (Å²) in [6, 6.07) is 6.67. The number of phenols is 4. The predicted molar refractivity (Wildman–Crippen MR) is 98.8 cm³/mol. The Bertz CT molecular complexity index is 1060. The van der Waals surface area contributed by atoms with Crippen molar-refractivity contribution in [2.24, 2.45) is 0 Å².